The van der Waals surface area contributed by atoms with Crippen molar-refractivity contribution >= 4 is 21.6 Å². The predicted octanol–water partition coefficient (Wildman–Crippen LogP) is 5.09. The highest BCUT2D eigenvalue weighted by Crippen LogP contribution is 2.25. The van der Waals surface area contributed by atoms with Crippen molar-refractivity contribution in [3.05, 3.63) is 101 Å². The predicted molar refractivity (Wildman–Crippen MR) is 161 cm³/mol. The molecule has 0 spiro atoms. The highest BCUT2D eigenvalue weighted by molar-refractivity contribution is 7.93. The lowest BCUT2D eigenvalue weighted by atomic mass is 10.00. The minimum Gasteiger partial charge on any atom is -0.390 e. The molecule has 1 aliphatic carbocycles. The molecule has 0 heterocycles. The molecule has 1 saturated carbocycles. The quantitative estimate of drug-likeness (QED) is 0.219. The van der Waals surface area contributed by atoms with Crippen molar-refractivity contribution in [2.24, 2.45) is 0 Å². The topological polar surface area (TPSA) is 108 Å². The van der Waals surface area contributed by atoms with Crippen LogP contribution in [-0.4, -0.2) is 43.4 Å². The van der Waals surface area contributed by atoms with Crippen LogP contribution in [0.3, 0.4) is 0 Å². The van der Waals surface area contributed by atoms with Crippen LogP contribution in [0, 0.1) is 11.6 Å². The van der Waals surface area contributed by atoms with Gasteiger partial charge in [-0.15, -0.1) is 0 Å². The van der Waals surface area contributed by atoms with Gasteiger partial charge in [-0.05, 0) is 72.7 Å². The summed E-state index contributed by atoms with van der Waals surface area (Å²) in [5.41, 5.74) is 2.97. The zero-order chi connectivity index (χ0) is 30.1. The Hall–Kier alpha value is -3.34. The largest absolute Gasteiger partial charge is 0.390 e. The van der Waals surface area contributed by atoms with E-state index in [2.05, 4.69) is 28.3 Å². The molecule has 1 fully saturated rings. The third-order valence-electron chi connectivity index (χ3n) is 7.62. The maximum Gasteiger partial charge on any atom is 0.251 e. The first-order valence-electron chi connectivity index (χ1n) is 14.5. The number of aliphatic hydroxyl groups excluding tert-OH is 1. The summed E-state index contributed by atoms with van der Waals surface area (Å²) >= 11 is 0. The molecule has 0 unspecified atom stereocenters. The molecule has 0 bridgehead atoms. The van der Waals surface area contributed by atoms with Crippen molar-refractivity contribution in [1.29, 1.82) is 0 Å². The maximum atomic E-state index is 13.9. The van der Waals surface area contributed by atoms with Crippen LogP contribution in [0.25, 0.3) is 0 Å². The molecule has 7 nitrogen and oxygen atoms in total. The third-order valence-corrected chi connectivity index (χ3v) is 9.49. The van der Waals surface area contributed by atoms with E-state index in [0.717, 1.165) is 37.3 Å². The van der Waals surface area contributed by atoms with Crippen LogP contribution in [0.15, 0.2) is 66.7 Å². The van der Waals surface area contributed by atoms with Crippen LogP contribution in [0.2, 0.25) is 0 Å². The first kappa shape index (κ1) is 31.6. The number of sulfonamides is 1. The number of benzene rings is 3. The smallest absolute Gasteiger partial charge is 0.251 e. The summed E-state index contributed by atoms with van der Waals surface area (Å²) in [5, 5.41) is 16.6. The van der Waals surface area contributed by atoms with Crippen molar-refractivity contribution in [3.8, 4) is 0 Å². The molecule has 3 aromatic rings. The Bertz CT molecular complexity index is 1440. The highest BCUT2D eigenvalue weighted by Gasteiger charge is 2.28. The van der Waals surface area contributed by atoms with Crippen LogP contribution < -0.4 is 15.4 Å². The van der Waals surface area contributed by atoms with E-state index in [1.165, 1.54) is 29.8 Å². The lowest BCUT2D eigenvalue weighted by Gasteiger charge is -2.25. The van der Waals surface area contributed by atoms with Gasteiger partial charge < -0.3 is 15.7 Å². The van der Waals surface area contributed by atoms with Gasteiger partial charge in [0, 0.05) is 30.4 Å². The van der Waals surface area contributed by atoms with E-state index < -0.39 is 45.0 Å². The van der Waals surface area contributed by atoms with E-state index in [0.29, 0.717) is 19.4 Å². The molecule has 42 heavy (non-hydrogen) atoms. The van der Waals surface area contributed by atoms with Gasteiger partial charge in [0.1, 0.15) is 11.6 Å². The SMILES string of the molecule is CCc1cccc(CNC[C@@H](O)[C@H](Cc2cc(F)cc(F)c2)NC(=O)c2cccc(NS(=O)(=O)C3CCCCC3)c2)c1. The van der Waals surface area contributed by atoms with Gasteiger partial charge in [-0.1, -0.05) is 56.5 Å². The summed E-state index contributed by atoms with van der Waals surface area (Å²) < 4.78 is 56.2. The van der Waals surface area contributed by atoms with Gasteiger partial charge in [0.15, 0.2) is 0 Å². The van der Waals surface area contributed by atoms with E-state index in [-0.39, 0.29) is 29.8 Å². The van der Waals surface area contributed by atoms with Crippen LogP contribution in [-0.2, 0) is 29.4 Å². The van der Waals surface area contributed by atoms with Gasteiger partial charge >= 0.3 is 0 Å². The Balaban J connectivity index is 1.46. The number of hydrogen-bond acceptors (Lipinski definition) is 5. The number of carbonyl (C=O) groups is 1. The lowest BCUT2D eigenvalue weighted by Crippen LogP contribution is -2.48. The second-order valence-corrected chi connectivity index (χ2v) is 12.9. The number of carbonyl (C=O) groups excluding carboxylic acids is 1. The lowest BCUT2D eigenvalue weighted by molar-refractivity contribution is 0.0830. The maximum absolute atomic E-state index is 13.9. The van der Waals surface area contributed by atoms with Gasteiger partial charge in [-0.3, -0.25) is 9.52 Å². The van der Waals surface area contributed by atoms with Crippen LogP contribution in [0.4, 0.5) is 14.5 Å². The van der Waals surface area contributed by atoms with E-state index in [1.54, 1.807) is 12.1 Å². The Morgan fingerprint density at radius 2 is 1.62 bits per heavy atom. The Labute approximate surface area is 246 Å². The van der Waals surface area contributed by atoms with Gasteiger partial charge in [0.05, 0.1) is 17.4 Å². The average molecular weight is 600 g/mol. The third kappa shape index (κ3) is 9.08. The van der Waals surface area contributed by atoms with Crippen molar-refractivity contribution in [2.45, 2.75) is 75.8 Å². The molecule has 3 aromatic carbocycles. The molecule has 1 amide bonds. The number of rotatable bonds is 13. The first-order chi connectivity index (χ1) is 20.1. The molecule has 0 aliphatic heterocycles. The van der Waals surface area contributed by atoms with Crippen LogP contribution in [0.1, 0.15) is 66.1 Å². The van der Waals surface area contributed by atoms with E-state index in [4.69, 9.17) is 0 Å². The van der Waals surface area contributed by atoms with Gasteiger partial charge in [-0.2, -0.15) is 0 Å². The van der Waals surface area contributed by atoms with Gasteiger partial charge in [0.2, 0.25) is 10.0 Å². The van der Waals surface area contributed by atoms with E-state index in [1.807, 2.05) is 18.2 Å². The minimum atomic E-state index is -3.60. The molecule has 1 aliphatic rings. The Morgan fingerprint density at radius 3 is 2.33 bits per heavy atom. The van der Waals surface area contributed by atoms with Crippen molar-refractivity contribution in [3.63, 3.8) is 0 Å². The number of amides is 1. The van der Waals surface area contributed by atoms with Crippen molar-refractivity contribution in [2.75, 3.05) is 11.3 Å². The second-order valence-electron chi connectivity index (χ2n) is 10.9. The number of anilines is 1. The summed E-state index contributed by atoms with van der Waals surface area (Å²) in [6, 6.07) is 16.4. The zero-order valence-electron chi connectivity index (χ0n) is 23.8. The van der Waals surface area contributed by atoms with E-state index in [9.17, 15) is 27.1 Å². The van der Waals surface area contributed by atoms with Crippen LogP contribution >= 0.6 is 0 Å². The molecule has 4 rings (SSSR count). The minimum absolute atomic E-state index is 0.0252. The number of halogens is 2. The number of nitrogens with one attached hydrogen (secondary N) is 3. The highest BCUT2D eigenvalue weighted by atomic mass is 32.2. The first-order valence-corrected chi connectivity index (χ1v) is 16.0. The van der Waals surface area contributed by atoms with Crippen molar-refractivity contribution in [1.82, 2.24) is 10.6 Å². The summed E-state index contributed by atoms with van der Waals surface area (Å²) in [6.45, 7) is 2.67. The average Bonchev–Trinajstić information content (AvgIpc) is 2.96. The molecular formula is C32H39F2N3O4S. The molecule has 226 valence electrons. The monoisotopic (exact) mass is 599 g/mol. The summed E-state index contributed by atoms with van der Waals surface area (Å²) in [7, 11) is -3.60. The number of aryl methyl sites for hydroxylation is 1. The van der Waals surface area contributed by atoms with Crippen molar-refractivity contribution < 1.29 is 27.1 Å². The van der Waals surface area contributed by atoms with Crippen LogP contribution in [0.5, 0.6) is 0 Å². The Kier molecular flexibility index (Phi) is 11.1. The summed E-state index contributed by atoms with van der Waals surface area (Å²) in [4.78, 5) is 13.3. The summed E-state index contributed by atoms with van der Waals surface area (Å²) in [5.74, 6) is -2.06. The zero-order valence-corrected chi connectivity index (χ0v) is 24.6. The number of hydrogen-bond donors (Lipinski definition) is 4. The Morgan fingerprint density at radius 1 is 0.929 bits per heavy atom. The van der Waals surface area contributed by atoms with Gasteiger partial charge in [-0.25, -0.2) is 17.2 Å². The normalized spacial score (nSPS) is 15.6. The number of aliphatic hydroxyl groups is 1. The fourth-order valence-electron chi connectivity index (χ4n) is 5.33. The molecule has 10 heteroatoms. The fourth-order valence-corrected chi connectivity index (χ4v) is 6.91. The fraction of sp³-hybridized carbons (Fsp3) is 0.406. The molecule has 4 N–H and O–H groups in total. The standard InChI is InChI=1S/C32H39F2N3O4S/c1-2-22-8-6-9-23(14-22)20-35-21-31(38)30(17-24-15-26(33)19-27(34)16-24)36-32(39)25-10-7-11-28(18-25)37-42(40,41)29-12-4-3-5-13-29/h6-11,14-16,18-19,29-31,35,37-38H,2-5,12-13,17,20-21H2,1H3,(H,36,39)/t30-,31+/m0/s1. The molecule has 2 atom stereocenters. The summed E-state index contributed by atoms with van der Waals surface area (Å²) in [6.07, 6.45) is 3.75. The van der Waals surface area contributed by atoms with Gasteiger partial charge in [0.25, 0.3) is 5.91 Å². The molecule has 0 aromatic heterocycles. The second kappa shape index (κ2) is 14.7. The molecular weight excluding hydrogens is 560 g/mol. The van der Waals surface area contributed by atoms with E-state index >= 15 is 0 Å². The molecule has 0 saturated heterocycles. The molecule has 0 radical (unpaired) electrons.